The maximum Gasteiger partial charge on any atom is 0.189 e. The highest BCUT2D eigenvalue weighted by atomic mass is 127. The van der Waals surface area contributed by atoms with Gasteiger partial charge in [-0.15, -0.1) is 0 Å². The molecule has 0 saturated heterocycles. The van der Waals surface area contributed by atoms with Crippen LogP contribution in [0.3, 0.4) is 0 Å². The third-order valence-corrected chi connectivity index (χ3v) is 3.24. The van der Waals surface area contributed by atoms with Crippen LogP contribution in [0.2, 0.25) is 0 Å². The predicted molar refractivity (Wildman–Crippen MR) is 73.7 cm³/mol. The molecule has 0 atom stereocenters. The van der Waals surface area contributed by atoms with Crippen LogP contribution in [0.25, 0.3) is 0 Å². The van der Waals surface area contributed by atoms with Crippen LogP contribution < -0.4 is 4.74 Å². The van der Waals surface area contributed by atoms with E-state index < -0.39 is 0 Å². The minimum Gasteiger partial charge on any atom is -0.465 e. The van der Waals surface area contributed by atoms with E-state index in [1.807, 2.05) is 6.92 Å². The predicted octanol–water partition coefficient (Wildman–Crippen LogP) is 3.58. The first kappa shape index (κ1) is 12.5. The lowest BCUT2D eigenvalue weighted by Gasteiger charge is -2.10. The maximum atomic E-state index is 5.53. The van der Waals surface area contributed by atoms with Gasteiger partial charge in [-0.3, -0.25) is 0 Å². The standard InChI is InChI=1S/C10H12I2O2/c1-3-13-6-14-10-8(11)4-7(2)5-9(10)12/h4-5H,3,6H2,1-2H3. The first-order valence-corrected chi connectivity index (χ1v) is 6.47. The van der Waals surface area contributed by atoms with Crippen molar-refractivity contribution in [2.24, 2.45) is 0 Å². The highest BCUT2D eigenvalue weighted by molar-refractivity contribution is 14.1. The Morgan fingerprint density at radius 1 is 1.21 bits per heavy atom. The van der Waals surface area contributed by atoms with Crippen LogP contribution in [0.1, 0.15) is 12.5 Å². The summed E-state index contributed by atoms with van der Waals surface area (Å²) in [7, 11) is 0. The first-order chi connectivity index (χ1) is 6.65. The minimum absolute atomic E-state index is 0.325. The molecule has 4 heteroatoms. The third-order valence-electron chi connectivity index (χ3n) is 1.63. The second-order valence-corrected chi connectivity index (χ2v) is 5.14. The lowest BCUT2D eigenvalue weighted by atomic mass is 10.2. The van der Waals surface area contributed by atoms with Crippen molar-refractivity contribution in [1.82, 2.24) is 0 Å². The van der Waals surface area contributed by atoms with E-state index in [1.54, 1.807) is 0 Å². The van der Waals surface area contributed by atoms with Crippen LogP contribution >= 0.6 is 45.2 Å². The van der Waals surface area contributed by atoms with Gasteiger partial charge in [-0.05, 0) is 76.7 Å². The van der Waals surface area contributed by atoms with E-state index in [0.717, 1.165) is 12.9 Å². The van der Waals surface area contributed by atoms with Crippen molar-refractivity contribution in [3.8, 4) is 5.75 Å². The van der Waals surface area contributed by atoms with E-state index >= 15 is 0 Å². The topological polar surface area (TPSA) is 18.5 Å². The van der Waals surface area contributed by atoms with Gasteiger partial charge < -0.3 is 9.47 Å². The summed E-state index contributed by atoms with van der Waals surface area (Å²) in [6.45, 7) is 5.04. The van der Waals surface area contributed by atoms with E-state index in [1.165, 1.54) is 5.56 Å². The summed E-state index contributed by atoms with van der Waals surface area (Å²) in [6, 6.07) is 4.20. The van der Waals surface area contributed by atoms with E-state index in [2.05, 4.69) is 64.2 Å². The van der Waals surface area contributed by atoms with Crippen molar-refractivity contribution in [2.45, 2.75) is 13.8 Å². The molecule has 2 nitrogen and oxygen atoms in total. The van der Waals surface area contributed by atoms with Crippen LogP contribution in [0.15, 0.2) is 12.1 Å². The molecule has 1 aromatic rings. The summed E-state index contributed by atoms with van der Waals surface area (Å²) >= 11 is 4.56. The molecule has 1 rings (SSSR count). The number of halogens is 2. The Labute approximate surface area is 112 Å². The van der Waals surface area contributed by atoms with Crippen molar-refractivity contribution >= 4 is 45.2 Å². The summed E-state index contributed by atoms with van der Waals surface area (Å²) in [5.41, 5.74) is 1.25. The van der Waals surface area contributed by atoms with Gasteiger partial charge in [0, 0.05) is 6.61 Å². The van der Waals surface area contributed by atoms with Crippen LogP contribution in [0.4, 0.5) is 0 Å². The molecule has 0 aliphatic heterocycles. The zero-order chi connectivity index (χ0) is 10.6. The number of benzene rings is 1. The van der Waals surface area contributed by atoms with E-state index in [0.29, 0.717) is 13.4 Å². The molecule has 0 fully saturated rings. The molecule has 0 radical (unpaired) electrons. The molecule has 0 saturated carbocycles. The van der Waals surface area contributed by atoms with Gasteiger partial charge in [0.05, 0.1) is 7.14 Å². The molecule has 78 valence electrons. The van der Waals surface area contributed by atoms with Gasteiger partial charge in [0.1, 0.15) is 5.75 Å². The second-order valence-electron chi connectivity index (χ2n) is 2.81. The van der Waals surface area contributed by atoms with Gasteiger partial charge in [0.25, 0.3) is 0 Å². The van der Waals surface area contributed by atoms with Crippen LogP contribution in [0.5, 0.6) is 5.75 Å². The normalized spacial score (nSPS) is 10.3. The third kappa shape index (κ3) is 3.54. The van der Waals surface area contributed by atoms with Crippen molar-refractivity contribution in [1.29, 1.82) is 0 Å². The maximum absolute atomic E-state index is 5.53. The highest BCUT2D eigenvalue weighted by Crippen LogP contribution is 2.28. The molecular formula is C10H12I2O2. The average molecular weight is 418 g/mol. The van der Waals surface area contributed by atoms with Crippen LogP contribution in [-0.2, 0) is 4.74 Å². The van der Waals surface area contributed by atoms with Gasteiger partial charge >= 0.3 is 0 Å². The van der Waals surface area contributed by atoms with Crippen molar-refractivity contribution in [2.75, 3.05) is 13.4 Å². The summed E-state index contributed by atoms with van der Waals surface area (Å²) in [5, 5.41) is 0. The fourth-order valence-corrected chi connectivity index (χ4v) is 3.40. The molecule has 0 N–H and O–H groups in total. The van der Waals surface area contributed by atoms with E-state index in [4.69, 9.17) is 9.47 Å². The number of hydrogen-bond donors (Lipinski definition) is 0. The Morgan fingerprint density at radius 2 is 1.79 bits per heavy atom. The first-order valence-electron chi connectivity index (χ1n) is 4.31. The number of hydrogen-bond acceptors (Lipinski definition) is 2. The average Bonchev–Trinajstić information content (AvgIpc) is 2.09. The number of aryl methyl sites for hydroxylation is 1. The monoisotopic (exact) mass is 418 g/mol. The molecule has 0 amide bonds. The van der Waals surface area contributed by atoms with Gasteiger partial charge in [-0.1, -0.05) is 0 Å². The van der Waals surface area contributed by atoms with E-state index in [-0.39, 0.29) is 0 Å². The molecule has 0 bridgehead atoms. The highest BCUT2D eigenvalue weighted by Gasteiger charge is 2.06. The second kappa shape index (κ2) is 6.12. The van der Waals surface area contributed by atoms with Gasteiger partial charge in [0.15, 0.2) is 6.79 Å². The van der Waals surface area contributed by atoms with Crippen molar-refractivity contribution in [3.63, 3.8) is 0 Å². The fourth-order valence-electron chi connectivity index (χ4n) is 1.01. The molecule has 0 heterocycles. The quantitative estimate of drug-likeness (QED) is 0.423. The molecule has 0 aromatic heterocycles. The molecule has 0 aliphatic carbocycles. The van der Waals surface area contributed by atoms with Gasteiger partial charge in [-0.25, -0.2) is 0 Å². The summed E-state index contributed by atoms with van der Waals surface area (Å²) in [6.07, 6.45) is 0. The Kier molecular flexibility index (Phi) is 5.47. The Bertz CT molecular complexity index is 290. The molecule has 14 heavy (non-hydrogen) atoms. The van der Waals surface area contributed by atoms with E-state index in [9.17, 15) is 0 Å². The zero-order valence-corrected chi connectivity index (χ0v) is 12.5. The lowest BCUT2D eigenvalue weighted by molar-refractivity contribution is 0.0213. The van der Waals surface area contributed by atoms with Crippen LogP contribution in [-0.4, -0.2) is 13.4 Å². The Hall–Kier alpha value is 0.440. The number of ether oxygens (including phenoxy) is 2. The Morgan fingerprint density at radius 3 is 2.29 bits per heavy atom. The molecule has 0 spiro atoms. The summed E-state index contributed by atoms with van der Waals surface area (Å²) in [4.78, 5) is 0. The zero-order valence-electron chi connectivity index (χ0n) is 8.14. The van der Waals surface area contributed by atoms with Gasteiger partial charge in [0.2, 0.25) is 0 Å². The minimum atomic E-state index is 0.325. The van der Waals surface area contributed by atoms with Crippen LogP contribution in [0, 0.1) is 14.1 Å². The summed E-state index contributed by atoms with van der Waals surface area (Å²) < 4.78 is 12.9. The number of rotatable bonds is 4. The van der Waals surface area contributed by atoms with Gasteiger partial charge in [-0.2, -0.15) is 0 Å². The summed E-state index contributed by atoms with van der Waals surface area (Å²) in [5.74, 6) is 0.922. The smallest absolute Gasteiger partial charge is 0.189 e. The van der Waals surface area contributed by atoms with Crippen molar-refractivity contribution in [3.05, 3.63) is 24.8 Å². The SMILES string of the molecule is CCOCOc1c(I)cc(C)cc1I. The fraction of sp³-hybridized carbons (Fsp3) is 0.400. The lowest BCUT2D eigenvalue weighted by Crippen LogP contribution is -2.04. The molecule has 0 aliphatic rings. The Balaban J connectivity index is 2.75. The van der Waals surface area contributed by atoms with Crippen molar-refractivity contribution < 1.29 is 9.47 Å². The molecular weight excluding hydrogens is 406 g/mol. The molecule has 1 aromatic carbocycles. The largest absolute Gasteiger partial charge is 0.465 e. The molecule has 0 unspecified atom stereocenters.